The van der Waals surface area contributed by atoms with E-state index in [4.69, 9.17) is 9.47 Å². The van der Waals surface area contributed by atoms with Gasteiger partial charge in [0.1, 0.15) is 6.61 Å². The van der Waals surface area contributed by atoms with Crippen LogP contribution in [0.3, 0.4) is 0 Å². The van der Waals surface area contributed by atoms with Gasteiger partial charge in [-0.05, 0) is 77.0 Å². The second-order valence-corrected chi connectivity index (χ2v) is 13.4. The zero-order valence-electron chi connectivity index (χ0n) is 31.5. The van der Waals surface area contributed by atoms with Gasteiger partial charge in [-0.1, -0.05) is 152 Å². The van der Waals surface area contributed by atoms with E-state index in [0.717, 1.165) is 57.8 Å². The summed E-state index contributed by atoms with van der Waals surface area (Å²) < 4.78 is 10.6. The monoisotopic (exact) mass is 673 g/mol. The summed E-state index contributed by atoms with van der Waals surface area (Å²) in [6.07, 6.45) is 48.8. The average molecular weight is 673 g/mol. The standard InChI is InChI=1S/C43H76O5/c1-3-5-7-9-11-13-15-17-19-20-21-22-24-26-28-30-32-34-36-38-43(46)48-41(39-44)40-47-42(45)37-35-33-31-29-27-25-23-18-16-14-12-10-8-6-4-2/h11-14,17-19,23,41,44H,3-10,15-16,20-22,24-40H2,1-2H3/b13-11+,14-12+,19-17+,23-18+/t41-/m0/s1. The number of esters is 2. The van der Waals surface area contributed by atoms with Gasteiger partial charge in [0, 0.05) is 12.8 Å². The first-order chi connectivity index (χ1) is 23.6. The molecule has 0 aromatic heterocycles. The maximum Gasteiger partial charge on any atom is 0.306 e. The molecule has 0 aliphatic carbocycles. The van der Waals surface area contributed by atoms with E-state index in [0.29, 0.717) is 12.8 Å². The number of aliphatic hydroxyl groups is 1. The minimum atomic E-state index is -0.779. The van der Waals surface area contributed by atoms with E-state index in [-0.39, 0.29) is 25.2 Å². The first-order valence-corrected chi connectivity index (χ1v) is 20.2. The molecule has 0 spiro atoms. The van der Waals surface area contributed by atoms with E-state index in [9.17, 15) is 14.7 Å². The first-order valence-electron chi connectivity index (χ1n) is 20.2. The van der Waals surface area contributed by atoms with Crippen LogP contribution in [0.1, 0.15) is 194 Å². The number of rotatable bonds is 36. The van der Waals surface area contributed by atoms with Crippen LogP contribution in [-0.2, 0) is 19.1 Å². The molecule has 0 aliphatic rings. The summed E-state index contributed by atoms with van der Waals surface area (Å²) in [6, 6.07) is 0. The highest BCUT2D eigenvalue weighted by Crippen LogP contribution is 2.13. The molecule has 278 valence electrons. The van der Waals surface area contributed by atoms with Crippen LogP contribution in [0.2, 0.25) is 0 Å². The quantitative estimate of drug-likeness (QED) is 0.0407. The Hall–Kier alpha value is -2.14. The predicted octanol–water partition coefficient (Wildman–Crippen LogP) is 12.6. The molecule has 0 saturated carbocycles. The number of ether oxygens (including phenoxy) is 2. The van der Waals surface area contributed by atoms with Crippen molar-refractivity contribution in [1.82, 2.24) is 0 Å². The molecular formula is C43H76O5. The Bertz CT molecular complexity index is 812. The van der Waals surface area contributed by atoms with Crippen LogP contribution in [0.4, 0.5) is 0 Å². The summed E-state index contributed by atoms with van der Waals surface area (Å²) in [5.74, 6) is -0.612. The minimum absolute atomic E-state index is 0.0752. The normalized spacial score (nSPS) is 12.6. The Kier molecular flexibility index (Phi) is 37.5. The van der Waals surface area contributed by atoms with E-state index in [1.165, 1.54) is 109 Å². The molecule has 0 rings (SSSR count). The number of unbranched alkanes of at least 4 members (excludes halogenated alkanes) is 20. The zero-order chi connectivity index (χ0) is 35.0. The molecule has 0 saturated heterocycles. The average Bonchev–Trinajstić information content (AvgIpc) is 3.09. The largest absolute Gasteiger partial charge is 0.462 e. The number of hydrogen-bond acceptors (Lipinski definition) is 5. The number of carbonyl (C=O) groups is 2. The van der Waals surface area contributed by atoms with Gasteiger partial charge in [-0.15, -0.1) is 0 Å². The Morgan fingerprint density at radius 3 is 1.23 bits per heavy atom. The lowest BCUT2D eigenvalue weighted by Crippen LogP contribution is -2.28. The molecule has 5 nitrogen and oxygen atoms in total. The number of carbonyl (C=O) groups excluding carboxylic acids is 2. The minimum Gasteiger partial charge on any atom is -0.462 e. The molecule has 0 radical (unpaired) electrons. The lowest BCUT2D eigenvalue weighted by atomic mass is 10.1. The van der Waals surface area contributed by atoms with Gasteiger partial charge in [0.2, 0.25) is 0 Å². The highest BCUT2D eigenvalue weighted by molar-refractivity contribution is 5.70. The van der Waals surface area contributed by atoms with E-state index in [1.807, 2.05) is 0 Å². The van der Waals surface area contributed by atoms with Crippen molar-refractivity contribution < 1.29 is 24.2 Å². The van der Waals surface area contributed by atoms with Gasteiger partial charge in [0.05, 0.1) is 6.61 Å². The van der Waals surface area contributed by atoms with Gasteiger partial charge in [0.25, 0.3) is 0 Å². The van der Waals surface area contributed by atoms with E-state index in [1.54, 1.807) is 0 Å². The van der Waals surface area contributed by atoms with Crippen LogP contribution in [0.5, 0.6) is 0 Å². The summed E-state index contributed by atoms with van der Waals surface area (Å²) >= 11 is 0. The molecule has 0 aromatic rings. The van der Waals surface area contributed by atoms with E-state index < -0.39 is 6.10 Å². The van der Waals surface area contributed by atoms with Crippen molar-refractivity contribution in [3.05, 3.63) is 48.6 Å². The molecule has 0 amide bonds. The molecule has 0 fully saturated rings. The summed E-state index contributed by atoms with van der Waals surface area (Å²) in [6.45, 7) is 4.07. The second kappa shape index (κ2) is 39.3. The Morgan fingerprint density at radius 2 is 0.833 bits per heavy atom. The Labute approximate surface area is 297 Å². The second-order valence-electron chi connectivity index (χ2n) is 13.4. The highest BCUT2D eigenvalue weighted by atomic mass is 16.6. The van der Waals surface area contributed by atoms with Crippen molar-refractivity contribution in [3.8, 4) is 0 Å². The predicted molar refractivity (Wildman–Crippen MR) is 205 cm³/mol. The fourth-order valence-electron chi connectivity index (χ4n) is 5.50. The SMILES string of the molecule is CCCCC/C=C/C/C=C/CCCCCCCCCCCC(=O)O[C@@H](CO)COC(=O)CCCCCCC/C=C/C/C=C/CCCCC. The molecule has 48 heavy (non-hydrogen) atoms. The maximum absolute atomic E-state index is 12.2. The topological polar surface area (TPSA) is 72.8 Å². The van der Waals surface area contributed by atoms with Crippen LogP contribution >= 0.6 is 0 Å². The molecule has 1 atom stereocenters. The van der Waals surface area contributed by atoms with Crippen molar-refractivity contribution in [3.63, 3.8) is 0 Å². The lowest BCUT2D eigenvalue weighted by Gasteiger charge is -2.15. The van der Waals surface area contributed by atoms with Gasteiger partial charge in [-0.3, -0.25) is 9.59 Å². The van der Waals surface area contributed by atoms with E-state index in [2.05, 4.69) is 62.5 Å². The van der Waals surface area contributed by atoms with Gasteiger partial charge in [-0.2, -0.15) is 0 Å². The van der Waals surface area contributed by atoms with Crippen molar-refractivity contribution in [2.45, 2.75) is 200 Å². The van der Waals surface area contributed by atoms with Crippen molar-refractivity contribution in [2.24, 2.45) is 0 Å². The summed E-state index contributed by atoms with van der Waals surface area (Å²) in [5, 5.41) is 9.56. The van der Waals surface area contributed by atoms with E-state index >= 15 is 0 Å². The molecule has 0 bridgehead atoms. The third kappa shape index (κ3) is 36.7. The molecule has 0 unspecified atom stereocenters. The molecule has 1 N–H and O–H groups in total. The fourth-order valence-corrected chi connectivity index (χ4v) is 5.50. The van der Waals surface area contributed by atoms with Crippen LogP contribution in [0.15, 0.2) is 48.6 Å². The summed E-state index contributed by atoms with van der Waals surface area (Å²) in [5.41, 5.74) is 0. The molecule has 5 heteroatoms. The highest BCUT2D eigenvalue weighted by Gasteiger charge is 2.16. The van der Waals surface area contributed by atoms with Crippen LogP contribution < -0.4 is 0 Å². The summed E-state index contributed by atoms with van der Waals surface area (Å²) in [7, 11) is 0. The zero-order valence-corrected chi connectivity index (χ0v) is 31.5. The number of hydrogen-bond donors (Lipinski definition) is 1. The molecule has 0 aromatic carbocycles. The Morgan fingerprint density at radius 1 is 0.479 bits per heavy atom. The van der Waals surface area contributed by atoms with Gasteiger partial charge in [-0.25, -0.2) is 0 Å². The van der Waals surface area contributed by atoms with Crippen LogP contribution in [-0.4, -0.2) is 36.4 Å². The fraction of sp³-hybridized carbons (Fsp3) is 0.767. The number of allylic oxidation sites excluding steroid dienone is 8. The maximum atomic E-state index is 12.2. The number of aliphatic hydroxyl groups excluding tert-OH is 1. The Balaban J connectivity index is 3.58. The smallest absolute Gasteiger partial charge is 0.306 e. The molecular weight excluding hydrogens is 596 g/mol. The first kappa shape index (κ1) is 45.9. The van der Waals surface area contributed by atoms with Gasteiger partial charge >= 0.3 is 11.9 Å². The molecule has 0 heterocycles. The van der Waals surface area contributed by atoms with Gasteiger partial charge in [0.15, 0.2) is 6.10 Å². The lowest BCUT2D eigenvalue weighted by molar-refractivity contribution is -0.161. The van der Waals surface area contributed by atoms with Crippen molar-refractivity contribution in [2.75, 3.05) is 13.2 Å². The van der Waals surface area contributed by atoms with Crippen molar-refractivity contribution >= 4 is 11.9 Å². The third-order valence-corrected chi connectivity index (χ3v) is 8.60. The third-order valence-electron chi connectivity index (χ3n) is 8.60. The summed E-state index contributed by atoms with van der Waals surface area (Å²) in [4.78, 5) is 24.3. The van der Waals surface area contributed by atoms with Crippen molar-refractivity contribution in [1.29, 1.82) is 0 Å². The molecule has 0 aliphatic heterocycles. The van der Waals surface area contributed by atoms with Crippen LogP contribution in [0, 0.1) is 0 Å². The van der Waals surface area contributed by atoms with Gasteiger partial charge < -0.3 is 14.6 Å². The van der Waals surface area contributed by atoms with Crippen LogP contribution in [0.25, 0.3) is 0 Å².